The van der Waals surface area contributed by atoms with Crippen molar-refractivity contribution in [1.29, 1.82) is 0 Å². The van der Waals surface area contributed by atoms with Gasteiger partial charge in [-0.05, 0) is 31.8 Å². The third-order valence-electron chi connectivity index (χ3n) is 3.99. The minimum absolute atomic E-state index is 0.0637. The lowest BCUT2D eigenvalue weighted by atomic mass is 9.84. The van der Waals surface area contributed by atoms with Crippen LogP contribution in [0.3, 0.4) is 0 Å². The summed E-state index contributed by atoms with van der Waals surface area (Å²) in [5.41, 5.74) is -0.0637. The second-order valence-corrected chi connectivity index (χ2v) is 5.14. The summed E-state index contributed by atoms with van der Waals surface area (Å²) in [6.07, 6.45) is 2.13. The van der Waals surface area contributed by atoms with Crippen molar-refractivity contribution in [2.45, 2.75) is 18.9 Å². The Bertz CT molecular complexity index is 456. The number of fused-ring (bicyclic) bond motifs is 3. The molecule has 1 aromatic rings. The number of hydrogen-bond acceptors (Lipinski definition) is 2. The maximum Gasteiger partial charge on any atom is 0.182 e. The Hall–Kier alpha value is -1.23. The van der Waals surface area contributed by atoms with E-state index in [4.69, 9.17) is 0 Å². The van der Waals surface area contributed by atoms with Crippen LogP contribution in [0.15, 0.2) is 12.1 Å². The van der Waals surface area contributed by atoms with E-state index in [-0.39, 0.29) is 11.7 Å². The summed E-state index contributed by atoms with van der Waals surface area (Å²) in [5.74, 6) is -2.41. The molecule has 0 aliphatic carbocycles. The second kappa shape index (κ2) is 4.46. The van der Waals surface area contributed by atoms with Crippen molar-refractivity contribution in [1.82, 2.24) is 4.90 Å². The first-order valence-electron chi connectivity index (χ1n) is 6.27. The number of anilines is 1. The molecule has 1 aromatic carbocycles. The normalized spacial score (nSPS) is 30.5. The van der Waals surface area contributed by atoms with Gasteiger partial charge in [0.05, 0.1) is 5.69 Å². The quantitative estimate of drug-likeness (QED) is 0.818. The van der Waals surface area contributed by atoms with Crippen molar-refractivity contribution in [3.63, 3.8) is 0 Å². The molecule has 3 heterocycles. The first-order chi connectivity index (χ1) is 8.63. The topological polar surface area (TPSA) is 15.3 Å². The van der Waals surface area contributed by atoms with Gasteiger partial charge in [0.25, 0.3) is 0 Å². The van der Waals surface area contributed by atoms with Crippen molar-refractivity contribution in [3.05, 3.63) is 29.6 Å². The van der Waals surface area contributed by atoms with Gasteiger partial charge in [-0.1, -0.05) is 0 Å². The average molecular weight is 256 g/mol. The number of nitrogens with zero attached hydrogens (tertiary/aromatic N) is 1. The highest BCUT2D eigenvalue weighted by Crippen LogP contribution is 2.30. The number of rotatable bonds is 2. The van der Waals surface area contributed by atoms with Gasteiger partial charge in [-0.15, -0.1) is 0 Å². The molecule has 1 unspecified atom stereocenters. The molecule has 3 saturated heterocycles. The minimum atomic E-state index is -1.14. The Balaban J connectivity index is 1.80. The van der Waals surface area contributed by atoms with Crippen LogP contribution >= 0.6 is 0 Å². The van der Waals surface area contributed by atoms with Crippen molar-refractivity contribution >= 4 is 5.69 Å². The van der Waals surface area contributed by atoms with Crippen LogP contribution in [-0.4, -0.2) is 30.6 Å². The van der Waals surface area contributed by atoms with Crippen LogP contribution in [0.2, 0.25) is 0 Å². The van der Waals surface area contributed by atoms with Gasteiger partial charge >= 0.3 is 0 Å². The molecule has 3 fully saturated rings. The molecule has 5 heteroatoms. The van der Waals surface area contributed by atoms with Gasteiger partial charge in [0.15, 0.2) is 11.6 Å². The Labute approximate surface area is 104 Å². The number of halogens is 3. The molecule has 0 spiro atoms. The summed E-state index contributed by atoms with van der Waals surface area (Å²) in [6.45, 7) is 2.97. The molecule has 0 saturated carbocycles. The summed E-state index contributed by atoms with van der Waals surface area (Å²) in [4.78, 5) is 2.30. The van der Waals surface area contributed by atoms with Gasteiger partial charge in [0.2, 0.25) is 0 Å². The van der Waals surface area contributed by atoms with E-state index in [2.05, 4.69) is 10.2 Å². The van der Waals surface area contributed by atoms with Crippen molar-refractivity contribution < 1.29 is 13.2 Å². The predicted molar refractivity (Wildman–Crippen MR) is 62.9 cm³/mol. The Morgan fingerprint density at radius 1 is 1.11 bits per heavy atom. The highest BCUT2D eigenvalue weighted by Gasteiger charge is 2.34. The molecule has 3 aliphatic rings. The third-order valence-corrected chi connectivity index (χ3v) is 3.99. The maximum atomic E-state index is 13.6. The molecule has 0 radical (unpaired) electrons. The van der Waals surface area contributed by atoms with Crippen LogP contribution in [0.25, 0.3) is 0 Å². The van der Waals surface area contributed by atoms with E-state index < -0.39 is 17.5 Å². The van der Waals surface area contributed by atoms with E-state index in [9.17, 15) is 13.2 Å². The molecule has 0 amide bonds. The molecule has 1 N–H and O–H groups in total. The van der Waals surface area contributed by atoms with Crippen LogP contribution in [0.4, 0.5) is 18.9 Å². The Morgan fingerprint density at radius 2 is 1.83 bits per heavy atom. The molecular weight excluding hydrogens is 241 g/mol. The molecular formula is C13H15F3N2. The Morgan fingerprint density at radius 3 is 2.44 bits per heavy atom. The zero-order valence-corrected chi connectivity index (χ0v) is 9.93. The smallest absolute Gasteiger partial charge is 0.182 e. The zero-order valence-electron chi connectivity index (χ0n) is 9.93. The van der Waals surface area contributed by atoms with Gasteiger partial charge in [-0.3, -0.25) is 0 Å². The number of nitrogens with one attached hydrogen (secondary N) is 1. The van der Waals surface area contributed by atoms with Gasteiger partial charge in [-0.25, -0.2) is 13.2 Å². The highest BCUT2D eigenvalue weighted by atomic mass is 19.2. The van der Waals surface area contributed by atoms with Crippen molar-refractivity contribution in [2.75, 3.05) is 25.0 Å². The van der Waals surface area contributed by atoms with E-state index in [0.29, 0.717) is 12.0 Å². The fourth-order valence-electron chi connectivity index (χ4n) is 2.99. The van der Waals surface area contributed by atoms with E-state index in [1.165, 1.54) is 0 Å². The molecule has 2 bridgehead atoms. The first-order valence-corrected chi connectivity index (χ1v) is 6.27. The van der Waals surface area contributed by atoms with E-state index >= 15 is 0 Å². The summed E-state index contributed by atoms with van der Waals surface area (Å²) in [5, 5.41) is 2.97. The van der Waals surface area contributed by atoms with E-state index in [1.54, 1.807) is 0 Å². The molecule has 3 aliphatic heterocycles. The van der Waals surface area contributed by atoms with Crippen LogP contribution in [0.1, 0.15) is 12.8 Å². The zero-order chi connectivity index (χ0) is 12.7. The molecule has 2 nitrogen and oxygen atoms in total. The van der Waals surface area contributed by atoms with E-state index in [0.717, 1.165) is 38.5 Å². The second-order valence-electron chi connectivity index (χ2n) is 5.14. The average Bonchev–Trinajstić information content (AvgIpc) is 2.37. The summed E-state index contributed by atoms with van der Waals surface area (Å²) in [7, 11) is 0. The van der Waals surface area contributed by atoms with Crippen molar-refractivity contribution in [3.8, 4) is 0 Å². The summed E-state index contributed by atoms with van der Waals surface area (Å²) in [6, 6.07) is 1.68. The van der Waals surface area contributed by atoms with Gasteiger partial charge in [-0.2, -0.15) is 0 Å². The fraction of sp³-hybridized carbons (Fsp3) is 0.538. The minimum Gasteiger partial charge on any atom is -0.378 e. The summed E-state index contributed by atoms with van der Waals surface area (Å²) < 4.78 is 39.8. The van der Waals surface area contributed by atoms with Gasteiger partial charge < -0.3 is 10.2 Å². The van der Waals surface area contributed by atoms with Gasteiger partial charge in [0.1, 0.15) is 5.82 Å². The summed E-state index contributed by atoms with van der Waals surface area (Å²) >= 11 is 0. The highest BCUT2D eigenvalue weighted by molar-refractivity contribution is 5.46. The first kappa shape index (κ1) is 11.8. The van der Waals surface area contributed by atoms with Crippen LogP contribution < -0.4 is 5.32 Å². The number of hydrogen-bond donors (Lipinski definition) is 1. The standard InChI is InChI=1S/C13H15F3N2/c14-9-5-10(15)13(16)11(6-9)17-12-7-18-3-1-8(12)2-4-18/h5-6,8,12,17H,1-4,7H2. The van der Waals surface area contributed by atoms with E-state index in [1.807, 2.05) is 0 Å². The molecule has 98 valence electrons. The fourth-order valence-corrected chi connectivity index (χ4v) is 2.99. The lowest BCUT2D eigenvalue weighted by Crippen LogP contribution is -2.53. The SMILES string of the molecule is Fc1cc(F)c(F)c(NC2CN3CCC2CC3)c1. The predicted octanol–water partition coefficient (Wildman–Crippen LogP) is 2.61. The maximum absolute atomic E-state index is 13.6. The monoisotopic (exact) mass is 256 g/mol. The number of piperidine rings is 3. The number of benzene rings is 1. The Kier molecular flexibility index (Phi) is 2.93. The van der Waals surface area contributed by atoms with Crippen LogP contribution in [0.5, 0.6) is 0 Å². The largest absolute Gasteiger partial charge is 0.378 e. The molecule has 1 atom stereocenters. The third kappa shape index (κ3) is 2.07. The molecule has 18 heavy (non-hydrogen) atoms. The van der Waals surface area contributed by atoms with Crippen molar-refractivity contribution in [2.24, 2.45) is 5.92 Å². The van der Waals surface area contributed by atoms with Crippen LogP contribution in [-0.2, 0) is 0 Å². The lowest BCUT2D eigenvalue weighted by molar-refractivity contribution is 0.0973. The van der Waals surface area contributed by atoms with Crippen LogP contribution in [0, 0.1) is 23.4 Å². The molecule has 0 aromatic heterocycles. The molecule has 4 rings (SSSR count). The van der Waals surface area contributed by atoms with Gasteiger partial charge in [0, 0.05) is 24.7 Å². The lowest BCUT2D eigenvalue weighted by Gasteiger charge is -2.45.